The fourth-order valence-corrected chi connectivity index (χ4v) is 4.75. The number of hydrogen-bond acceptors (Lipinski definition) is 6. The van der Waals surface area contributed by atoms with Crippen molar-refractivity contribution in [3.63, 3.8) is 0 Å². The van der Waals surface area contributed by atoms with E-state index < -0.39 is 28.0 Å². The maximum atomic E-state index is 13.4. The zero-order chi connectivity index (χ0) is 22.9. The number of nitrogens with zero attached hydrogens (tertiary/aromatic N) is 3. The fourth-order valence-electron chi connectivity index (χ4n) is 2.86. The molecule has 2 aromatic carbocycles. The van der Waals surface area contributed by atoms with Gasteiger partial charge in [-0.3, -0.25) is 0 Å². The second-order valence-electron chi connectivity index (χ2n) is 6.53. The minimum atomic E-state index is -4.86. The van der Waals surface area contributed by atoms with Crippen LogP contribution in [0.1, 0.15) is 5.69 Å². The summed E-state index contributed by atoms with van der Waals surface area (Å²) in [6.07, 6.45) is -4.58. The molecule has 4 rings (SSSR count). The molecule has 2 heterocycles. The number of nitrogens with one attached hydrogen (secondary N) is 1. The Bertz CT molecular complexity index is 1350. The summed E-state index contributed by atoms with van der Waals surface area (Å²) in [7, 11) is -3.94. The highest BCUT2D eigenvalue weighted by molar-refractivity contribution is 7.89. The van der Waals surface area contributed by atoms with Gasteiger partial charge in [0, 0.05) is 23.9 Å². The van der Waals surface area contributed by atoms with Crippen LogP contribution in [0.25, 0.3) is 16.3 Å². The zero-order valence-corrected chi connectivity index (χ0v) is 17.6. The predicted molar refractivity (Wildman–Crippen MR) is 108 cm³/mol. The lowest BCUT2D eigenvalue weighted by Gasteiger charge is -2.10. The summed E-state index contributed by atoms with van der Waals surface area (Å²) in [5, 5.41) is 6.14. The van der Waals surface area contributed by atoms with Crippen molar-refractivity contribution in [2.45, 2.75) is 17.7 Å². The van der Waals surface area contributed by atoms with Gasteiger partial charge in [0.1, 0.15) is 11.6 Å². The lowest BCUT2D eigenvalue weighted by atomic mass is 10.2. The van der Waals surface area contributed by atoms with Gasteiger partial charge in [0.15, 0.2) is 5.82 Å². The van der Waals surface area contributed by atoms with E-state index in [1.54, 1.807) is 22.0 Å². The van der Waals surface area contributed by atoms with Crippen molar-refractivity contribution in [3.8, 4) is 17.1 Å². The van der Waals surface area contributed by atoms with Gasteiger partial charge in [-0.05, 0) is 36.4 Å². The van der Waals surface area contributed by atoms with Crippen LogP contribution in [-0.4, -0.2) is 35.9 Å². The Morgan fingerprint density at radius 1 is 1.12 bits per heavy atom. The number of rotatable bonds is 7. The van der Waals surface area contributed by atoms with E-state index in [1.165, 1.54) is 23.5 Å². The van der Waals surface area contributed by atoms with Gasteiger partial charge in [0.2, 0.25) is 15.0 Å². The number of benzene rings is 2. The summed E-state index contributed by atoms with van der Waals surface area (Å²) in [4.78, 5) is 4.73. The number of hydrogen-bond donors (Lipinski definition) is 1. The zero-order valence-electron chi connectivity index (χ0n) is 16.0. The molecule has 0 aliphatic rings. The molecule has 13 heteroatoms. The third kappa shape index (κ3) is 5.06. The summed E-state index contributed by atoms with van der Waals surface area (Å²) < 4.78 is 82.6. The summed E-state index contributed by atoms with van der Waals surface area (Å²) in [6.45, 7) is 0.0180. The molecular weight excluding hydrogens is 472 g/mol. The van der Waals surface area contributed by atoms with Crippen LogP contribution in [0, 0.1) is 5.82 Å². The maximum absolute atomic E-state index is 13.4. The molecule has 0 spiro atoms. The van der Waals surface area contributed by atoms with Gasteiger partial charge in [-0.1, -0.05) is 12.1 Å². The summed E-state index contributed by atoms with van der Waals surface area (Å²) in [6, 6.07) is 9.76. The number of halogens is 4. The first-order valence-corrected chi connectivity index (χ1v) is 11.4. The van der Waals surface area contributed by atoms with Crippen LogP contribution in [0.15, 0.2) is 58.8 Å². The van der Waals surface area contributed by atoms with Crippen molar-refractivity contribution in [1.82, 2.24) is 19.3 Å². The van der Waals surface area contributed by atoms with Gasteiger partial charge in [0.05, 0.1) is 10.6 Å². The van der Waals surface area contributed by atoms with Gasteiger partial charge in [-0.2, -0.15) is 4.98 Å². The van der Waals surface area contributed by atoms with Crippen molar-refractivity contribution in [2.75, 3.05) is 6.54 Å². The summed E-state index contributed by atoms with van der Waals surface area (Å²) in [5.41, 5.74) is 1.21. The first kappa shape index (κ1) is 22.2. The Morgan fingerprint density at radius 2 is 1.88 bits per heavy atom. The average Bonchev–Trinajstić information content (AvgIpc) is 3.29. The molecule has 2 aromatic heterocycles. The Balaban J connectivity index is 1.42. The molecule has 0 bridgehead atoms. The molecule has 168 valence electrons. The first-order valence-electron chi connectivity index (χ1n) is 9.05. The molecule has 0 aliphatic carbocycles. The van der Waals surface area contributed by atoms with Crippen molar-refractivity contribution >= 4 is 26.3 Å². The monoisotopic (exact) mass is 486 g/mol. The second-order valence-corrected chi connectivity index (χ2v) is 9.14. The van der Waals surface area contributed by atoms with E-state index in [0.29, 0.717) is 22.0 Å². The third-order valence-electron chi connectivity index (χ3n) is 4.27. The predicted octanol–water partition coefficient (Wildman–Crippen LogP) is 4.02. The van der Waals surface area contributed by atoms with Crippen molar-refractivity contribution in [2.24, 2.45) is 0 Å². The topological polar surface area (TPSA) is 85.6 Å². The van der Waals surface area contributed by atoms with Crippen molar-refractivity contribution in [3.05, 3.63) is 65.4 Å². The van der Waals surface area contributed by atoms with E-state index in [2.05, 4.69) is 19.5 Å². The van der Waals surface area contributed by atoms with Crippen LogP contribution in [0.3, 0.4) is 0 Å². The molecular formula is C19H14F4N4O3S2. The largest absolute Gasteiger partial charge is 0.573 e. The van der Waals surface area contributed by atoms with Crippen LogP contribution in [0.2, 0.25) is 0 Å². The SMILES string of the molecule is O=S(=O)(NCCc1csc2nc(-c3cccc(F)c3)nn12)c1ccc(OC(F)(F)F)cc1. The number of fused-ring (bicyclic) bond motifs is 1. The number of alkyl halides is 3. The summed E-state index contributed by atoms with van der Waals surface area (Å²) >= 11 is 1.31. The van der Waals surface area contributed by atoms with Crippen molar-refractivity contribution in [1.29, 1.82) is 0 Å². The molecule has 7 nitrogen and oxygen atoms in total. The van der Waals surface area contributed by atoms with E-state index in [4.69, 9.17) is 0 Å². The van der Waals surface area contributed by atoms with Gasteiger partial charge in [-0.15, -0.1) is 29.6 Å². The molecule has 4 aromatic rings. The minimum Gasteiger partial charge on any atom is -0.406 e. The molecule has 0 fully saturated rings. The summed E-state index contributed by atoms with van der Waals surface area (Å²) in [5.74, 6) is -0.579. The normalized spacial score (nSPS) is 12.4. The minimum absolute atomic E-state index is 0.0180. The number of sulfonamides is 1. The average molecular weight is 486 g/mol. The van der Waals surface area contributed by atoms with Gasteiger partial charge < -0.3 is 4.74 Å². The standard InChI is InChI=1S/C19H14F4N4O3S2/c20-13-3-1-2-12(10-13)17-25-18-27(26-17)14(11-31-18)8-9-24-32(28,29)16-6-4-15(5-7-16)30-19(21,22)23/h1-7,10-11,24H,8-9H2. The van der Waals surface area contributed by atoms with Crippen LogP contribution in [0.5, 0.6) is 5.75 Å². The van der Waals surface area contributed by atoms with Gasteiger partial charge >= 0.3 is 6.36 Å². The second kappa shape index (κ2) is 8.48. The first-order chi connectivity index (χ1) is 15.1. The van der Waals surface area contributed by atoms with E-state index in [1.807, 2.05) is 0 Å². The van der Waals surface area contributed by atoms with Gasteiger partial charge in [-0.25, -0.2) is 22.0 Å². The number of ether oxygens (including phenoxy) is 1. The quantitative estimate of drug-likeness (QED) is 0.399. The van der Waals surface area contributed by atoms with Crippen molar-refractivity contribution < 1.29 is 30.7 Å². The molecule has 0 atom stereocenters. The van der Waals surface area contributed by atoms with E-state index in [9.17, 15) is 26.0 Å². The molecule has 0 radical (unpaired) electrons. The molecule has 1 N–H and O–H groups in total. The van der Waals surface area contributed by atoms with Crippen LogP contribution < -0.4 is 9.46 Å². The lowest BCUT2D eigenvalue weighted by molar-refractivity contribution is -0.274. The molecule has 0 saturated carbocycles. The lowest BCUT2D eigenvalue weighted by Crippen LogP contribution is -2.26. The Labute approximate surface area is 183 Å². The highest BCUT2D eigenvalue weighted by Gasteiger charge is 2.31. The molecule has 0 aliphatic heterocycles. The van der Waals surface area contributed by atoms with Crippen LogP contribution in [-0.2, 0) is 16.4 Å². The van der Waals surface area contributed by atoms with E-state index >= 15 is 0 Å². The molecule has 32 heavy (non-hydrogen) atoms. The highest BCUT2D eigenvalue weighted by Crippen LogP contribution is 2.24. The van der Waals surface area contributed by atoms with Gasteiger partial charge in [0.25, 0.3) is 0 Å². The fraction of sp³-hybridized carbons (Fsp3) is 0.158. The Kier molecular flexibility index (Phi) is 5.88. The molecule has 0 saturated heterocycles. The highest BCUT2D eigenvalue weighted by atomic mass is 32.2. The van der Waals surface area contributed by atoms with E-state index in [-0.39, 0.29) is 17.9 Å². The third-order valence-corrected chi connectivity index (χ3v) is 6.62. The number of aromatic nitrogens is 3. The Morgan fingerprint density at radius 3 is 2.56 bits per heavy atom. The molecule has 0 unspecified atom stereocenters. The van der Waals surface area contributed by atoms with E-state index in [0.717, 1.165) is 24.3 Å². The smallest absolute Gasteiger partial charge is 0.406 e. The Hall–Kier alpha value is -3.03. The maximum Gasteiger partial charge on any atom is 0.573 e. The van der Waals surface area contributed by atoms with Crippen LogP contribution in [0.4, 0.5) is 17.6 Å². The van der Waals surface area contributed by atoms with Crippen LogP contribution >= 0.6 is 11.3 Å². The molecule has 0 amide bonds. The number of thiazole rings is 1.